The van der Waals surface area contributed by atoms with Gasteiger partial charge < -0.3 is 9.64 Å². The molecule has 0 saturated carbocycles. The number of aromatic nitrogens is 2. The Labute approximate surface area is 140 Å². The summed E-state index contributed by atoms with van der Waals surface area (Å²) in [5.41, 5.74) is 0.856. The number of rotatable bonds is 4. The lowest BCUT2D eigenvalue weighted by atomic mass is 10.1. The summed E-state index contributed by atoms with van der Waals surface area (Å²) in [5.74, 6) is 1.30. The second-order valence-electron chi connectivity index (χ2n) is 5.58. The summed E-state index contributed by atoms with van der Waals surface area (Å²) in [6.07, 6.45) is 2.77. The number of hydrogen-bond donors (Lipinski definition) is 0. The van der Waals surface area contributed by atoms with Gasteiger partial charge in [0.2, 0.25) is 11.8 Å². The highest BCUT2D eigenvalue weighted by atomic mass is 35.5. The van der Waals surface area contributed by atoms with Crippen LogP contribution in [0.25, 0.3) is 0 Å². The molecule has 23 heavy (non-hydrogen) atoms. The van der Waals surface area contributed by atoms with E-state index in [4.69, 9.17) is 16.3 Å². The van der Waals surface area contributed by atoms with E-state index in [1.165, 1.54) is 0 Å². The SMILES string of the molecule is Cc1nccc(O[C@H]2CCN(C(=O)Cc3ccccc3Cl)C2)n1. The van der Waals surface area contributed by atoms with E-state index < -0.39 is 0 Å². The van der Waals surface area contributed by atoms with E-state index in [0.29, 0.717) is 36.2 Å². The maximum Gasteiger partial charge on any atom is 0.227 e. The minimum atomic E-state index is -0.0282. The van der Waals surface area contributed by atoms with Gasteiger partial charge in [0.25, 0.3) is 0 Å². The summed E-state index contributed by atoms with van der Waals surface area (Å²) in [6, 6.07) is 9.17. The van der Waals surface area contributed by atoms with Crippen LogP contribution in [-0.4, -0.2) is 40.0 Å². The zero-order valence-corrected chi connectivity index (χ0v) is 13.7. The molecular formula is C17H18ClN3O2. The zero-order valence-electron chi connectivity index (χ0n) is 12.9. The van der Waals surface area contributed by atoms with E-state index >= 15 is 0 Å². The first-order valence-electron chi connectivity index (χ1n) is 7.59. The average molecular weight is 332 g/mol. The summed E-state index contributed by atoms with van der Waals surface area (Å²) >= 11 is 6.12. The maximum atomic E-state index is 12.4. The number of carbonyl (C=O) groups excluding carboxylic acids is 1. The number of amides is 1. The highest BCUT2D eigenvalue weighted by Gasteiger charge is 2.28. The molecule has 1 atom stereocenters. The third-order valence-electron chi connectivity index (χ3n) is 3.84. The van der Waals surface area contributed by atoms with Gasteiger partial charge in [0, 0.05) is 30.3 Å². The van der Waals surface area contributed by atoms with Crippen LogP contribution < -0.4 is 4.74 Å². The van der Waals surface area contributed by atoms with Crippen LogP contribution in [0.1, 0.15) is 17.8 Å². The normalized spacial score (nSPS) is 17.3. The molecule has 1 aliphatic rings. The standard InChI is InChI=1S/C17H18ClN3O2/c1-12-19-8-6-16(20-12)23-14-7-9-21(11-14)17(22)10-13-4-2-3-5-15(13)18/h2-6,8,14H,7,9-11H2,1H3/t14-/m0/s1. The monoisotopic (exact) mass is 331 g/mol. The van der Waals surface area contributed by atoms with Crippen molar-refractivity contribution in [3.63, 3.8) is 0 Å². The molecule has 6 heteroatoms. The van der Waals surface area contributed by atoms with Gasteiger partial charge in [-0.05, 0) is 18.6 Å². The molecule has 0 unspecified atom stereocenters. The van der Waals surface area contributed by atoms with Crippen molar-refractivity contribution in [3.05, 3.63) is 52.9 Å². The third kappa shape index (κ3) is 3.99. The van der Waals surface area contributed by atoms with Gasteiger partial charge >= 0.3 is 0 Å². The van der Waals surface area contributed by atoms with Crippen LogP contribution in [0, 0.1) is 6.92 Å². The van der Waals surface area contributed by atoms with Gasteiger partial charge in [-0.3, -0.25) is 4.79 Å². The maximum absolute atomic E-state index is 12.4. The Morgan fingerprint density at radius 1 is 1.39 bits per heavy atom. The van der Waals surface area contributed by atoms with Crippen molar-refractivity contribution >= 4 is 17.5 Å². The van der Waals surface area contributed by atoms with Crippen molar-refractivity contribution in [1.29, 1.82) is 0 Å². The molecule has 1 fully saturated rings. The van der Waals surface area contributed by atoms with Crippen LogP contribution >= 0.6 is 11.6 Å². The van der Waals surface area contributed by atoms with Crippen LogP contribution in [0.2, 0.25) is 5.02 Å². The van der Waals surface area contributed by atoms with Crippen LogP contribution in [0.4, 0.5) is 0 Å². The van der Waals surface area contributed by atoms with Gasteiger partial charge in [-0.1, -0.05) is 29.8 Å². The predicted molar refractivity (Wildman–Crippen MR) is 87.5 cm³/mol. The molecule has 3 rings (SSSR count). The van der Waals surface area contributed by atoms with Crippen molar-refractivity contribution in [2.45, 2.75) is 25.9 Å². The Kier molecular flexibility index (Phi) is 4.76. The van der Waals surface area contributed by atoms with Crippen molar-refractivity contribution in [1.82, 2.24) is 14.9 Å². The van der Waals surface area contributed by atoms with Crippen LogP contribution in [0.5, 0.6) is 5.88 Å². The Morgan fingerprint density at radius 3 is 3.00 bits per heavy atom. The van der Waals surface area contributed by atoms with Crippen molar-refractivity contribution in [2.75, 3.05) is 13.1 Å². The van der Waals surface area contributed by atoms with E-state index in [2.05, 4.69) is 9.97 Å². The zero-order chi connectivity index (χ0) is 16.2. The number of hydrogen-bond acceptors (Lipinski definition) is 4. The average Bonchev–Trinajstić information content (AvgIpc) is 2.98. The number of aryl methyl sites for hydroxylation is 1. The molecule has 0 aliphatic carbocycles. The molecule has 1 aliphatic heterocycles. The van der Waals surface area contributed by atoms with E-state index in [-0.39, 0.29) is 12.0 Å². The van der Waals surface area contributed by atoms with Crippen LogP contribution in [0.3, 0.4) is 0 Å². The van der Waals surface area contributed by atoms with E-state index in [1.807, 2.05) is 30.0 Å². The molecule has 2 aromatic rings. The first-order chi connectivity index (χ1) is 11.1. The van der Waals surface area contributed by atoms with Gasteiger partial charge in [-0.25, -0.2) is 4.98 Å². The molecule has 0 bridgehead atoms. The van der Waals surface area contributed by atoms with Crippen molar-refractivity contribution < 1.29 is 9.53 Å². The largest absolute Gasteiger partial charge is 0.472 e. The number of carbonyl (C=O) groups is 1. The van der Waals surface area contributed by atoms with E-state index in [0.717, 1.165) is 12.0 Å². The molecule has 1 saturated heterocycles. The Hall–Kier alpha value is -2.14. The predicted octanol–water partition coefficient (Wildman–Crippen LogP) is 2.66. The molecule has 1 amide bonds. The number of ether oxygens (including phenoxy) is 1. The van der Waals surface area contributed by atoms with Crippen molar-refractivity contribution in [3.8, 4) is 5.88 Å². The molecule has 0 radical (unpaired) electrons. The summed E-state index contributed by atoms with van der Waals surface area (Å²) in [7, 11) is 0. The number of likely N-dealkylation sites (tertiary alicyclic amines) is 1. The smallest absolute Gasteiger partial charge is 0.227 e. The van der Waals surface area contributed by atoms with Crippen LogP contribution in [0.15, 0.2) is 36.5 Å². The summed E-state index contributed by atoms with van der Waals surface area (Å²) in [5, 5.41) is 0.629. The topological polar surface area (TPSA) is 55.3 Å². The number of halogens is 1. The second-order valence-corrected chi connectivity index (χ2v) is 5.99. The molecule has 1 aromatic carbocycles. The highest BCUT2D eigenvalue weighted by Crippen LogP contribution is 2.20. The summed E-state index contributed by atoms with van der Waals surface area (Å²) < 4.78 is 5.84. The number of benzene rings is 1. The van der Waals surface area contributed by atoms with E-state index in [1.54, 1.807) is 18.3 Å². The van der Waals surface area contributed by atoms with Crippen LogP contribution in [-0.2, 0) is 11.2 Å². The fraction of sp³-hybridized carbons (Fsp3) is 0.353. The van der Waals surface area contributed by atoms with Gasteiger partial charge in [-0.15, -0.1) is 0 Å². The lowest BCUT2D eigenvalue weighted by Crippen LogP contribution is -2.32. The highest BCUT2D eigenvalue weighted by molar-refractivity contribution is 6.31. The Bertz CT molecular complexity index is 708. The third-order valence-corrected chi connectivity index (χ3v) is 4.20. The number of nitrogens with zero attached hydrogens (tertiary/aromatic N) is 3. The molecule has 5 nitrogen and oxygen atoms in total. The minimum absolute atomic E-state index is 0.0282. The fourth-order valence-corrected chi connectivity index (χ4v) is 2.84. The fourth-order valence-electron chi connectivity index (χ4n) is 2.64. The van der Waals surface area contributed by atoms with E-state index in [9.17, 15) is 4.79 Å². The molecular weight excluding hydrogens is 314 g/mol. The van der Waals surface area contributed by atoms with Gasteiger partial charge in [0.1, 0.15) is 11.9 Å². The Balaban J connectivity index is 1.57. The summed E-state index contributed by atoms with van der Waals surface area (Å²) in [4.78, 5) is 22.5. The quantitative estimate of drug-likeness (QED) is 0.864. The van der Waals surface area contributed by atoms with Gasteiger partial charge in [0.05, 0.1) is 13.0 Å². The molecule has 120 valence electrons. The Morgan fingerprint density at radius 2 is 2.22 bits per heavy atom. The first kappa shape index (κ1) is 15.7. The summed E-state index contributed by atoms with van der Waals surface area (Å²) in [6.45, 7) is 3.09. The second kappa shape index (κ2) is 6.96. The molecule has 0 spiro atoms. The lowest BCUT2D eigenvalue weighted by molar-refractivity contribution is -0.129. The molecule has 0 N–H and O–H groups in total. The van der Waals surface area contributed by atoms with Gasteiger partial charge in [-0.2, -0.15) is 4.98 Å². The van der Waals surface area contributed by atoms with Crippen molar-refractivity contribution in [2.24, 2.45) is 0 Å². The molecule has 2 heterocycles. The van der Waals surface area contributed by atoms with Gasteiger partial charge in [0.15, 0.2) is 0 Å². The lowest BCUT2D eigenvalue weighted by Gasteiger charge is -2.17. The first-order valence-corrected chi connectivity index (χ1v) is 7.97. The molecule has 1 aromatic heterocycles. The minimum Gasteiger partial charge on any atom is -0.472 e.